The van der Waals surface area contributed by atoms with Gasteiger partial charge in [0.05, 0.1) is 39.1 Å². The summed E-state index contributed by atoms with van der Waals surface area (Å²) < 4.78 is 139. The van der Waals surface area contributed by atoms with Gasteiger partial charge in [-0.25, -0.2) is 37.1 Å². The number of nitrogens with one attached hydrogen (secondary N) is 2. The van der Waals surface area contributed by atoms with E-state index >= 15 is 0 Å². The standard InChI is InChI=1S/C26H24F2N5O8P.C25H22F2N5O8P.CH4/c1-15-5-6-17(10-19(15)28)22-20(40-26(35)41-22)12-39-42(36,38-11-16-3-2-4-18(27)9-16)14-37-8-7-33-13-30-21-23(33)31-25(29)32-24(21)34;26-17-6-4-16(5-7-17)21-19(39-25(34)40-21)12-38-41(35,37-11-15-2-1-3-18(27)10-15)14-36-9-8-32-13-29-20-22(32)30-24(28)31-23(20)33;/h2-6,9-10,13H,7-8,11-12,14H2,1H3,(H3,29,31,32,34);1-7,10,13H,8-9,11-12,14H2,(H3,28,30,31,33);1H4. The van der Waals surface area contributed by atoms with Crippen molar-refractivity contribution < 1.29 is 71.9 Å². The number of aromatic nitrogens is 8. The maximum absolute atomic E-state index is 14.1. The number of H-pyrrole nitrogens is 2. The van der Waals surface area contributed by atoms with Gasteiger partial charge >= 0.3 is 26.8 Å². The van der Waals surface area contributed by atoms with E-state index in [1.54, 1.807) is 19.1 Å². The van der Waals surface area contributed by atoms with Crippen LogP contribution >= 0.6 is 15.2 Å². The first kappa shape index (κ1) is 61.2. The van der Waals surface area contributed by atoms with E-state index in [0.717, 1.165) is 18.2 Å². The first-order valence-corrected chi connectivity index (χ1v) is 27.8. The normalized spacial score (nSPS) is 12.9. The summed E-state index contributed by atoms with van der Waals surface area (Å²) >= 11 is 0. The third-order valence-electron chi connectivity index (χ3n) is 11.7. The van der Waals surface area contributed by atoms with Gasteiger partial charge < -0.3 is 56.8 Å². The molecule has 84 heavy (non-hydrogen) atoms. The Morgan fingerprint density at radius 1 is 0.560 bits per heavy atom. The van der Waals surface area contributed by atoms with Gasteiger partial charge in [-0.15, -0.1) is 0 Å². The molecule has 0 spiro atoms. The fourth-order valence-corrected chi connectivity index (χ4v) is 10.1. The average molecular weight is 1210 g/mol. The number of nitrogens with zero attached hydrogens (tertiary/aromatic N) is 6. The number of nitrogen functional groups attached to an aromatic ring is 2. The van der Waals surface area contributed by atoms with Crippen molar-refractivity contribution in [3.63, 3.8) is 0 Å². The van der Waals surface area contributed by atoms with Crippen LogP contribution in [-0.2, 0) is 76.2 Å². The molecule has 6 heterocycles. The molecular weight excluding hydrogens is 1160 g/mol. The van der Waals surface area contributed by atoms with Crippen molar-refractivity contribution in [2.75, 3.05) is 37.4 Å². The van der Waals surface area contributed by atoms with E-state index in [-0.39, 0.29) is 110 Å². The van der Waals surface area contributed by atoms with Crippen LogP contribution < -0.4 is 34.2 Å². The Balaban J connectivity index is 0.000000217. The third-order valence-corrected chi connectivity index (χ3v) is 14.8. The van der Waals surface area contributed by atoms with Crippen LogP contribution in [-0.4, -0.2) is 64.9 Å². The second-order valence-electron chi connectivity index (χ2n) is 17.7. The predicted molar refractivity (Wildman–Crippen MR) is 291 cm³/mol. The number of rotatable bonds is 24. The van der Waals surface area contributed by atoms with Gasteiger partial charge in [0.25, 0.3) is 11.1 Å². The Morgan fingerprint density at radius 2 is 1.00 bits per heavy atom. The molecule has 2 unspecified atom stereocenters. The molecule has 0 aliphatic carbocycles. The third kappa shape index (κ3) is 15.6. The quantitative estimate of drug-likeness (QED) is 0.0250. The topological polar surface area (TPSA) is 355 Å². The number of ether oxygens (including phenoxy) is 2. The SMILES string of the molecule is C.Cc1ccc(-c2oc(=O)oc2COP(=O)(COCCn2cnc3c(=O)[nH]c(N)nc32)OCc2cccc(F)c2)cc1F.Nc1nc2c(ncn2CCOCP(=O)(OCc2cccc(F)c2)OCc2oc(=O)oc2-c2ccc(F)cc2)c(=O)[nH]1. The summed E-state index contributed by atoms with van der Waals surface area (Å²) in [7, 11) is -8.16. The van der Waals surface area contributed by atoms with Crippen LogP contribution in [0.2, 0.25) is 0 Å². The van der Waals surface area contributed by atoms with Gasteiger partial charge in [-0.2, -0.15) is 9.97 Å². The lowest BCUT2D eigenvalue weighted by molar-refractivity contribution is 0.114. The minimum absolute atomic E-state index is 0. The molecule has 0 aliphatic rings. The number of aromatic amines is 2. The molecule has 0 fully saturated rings. The zero-order valence-corrected chi connectivity index (χ0v) is 45.0. The molecule has 0 bridgehead atoms. The Morgan fingerprint density at radius 3 is 1.45 bits per heavy atom. The lowest BCUT2D eigenvalue weighted by Crippen LogP contribution is -2.13. The van der Waals surface area contributed by atoms with Gasteiger partial charge in [0, 0.05) is 24.2 Å². The molecule has 0 saturated heterocycles. The highest BCUT2D eigenvalue weighted by Crippen LogP contribution is 2.51. The summed E-state index contributed by atoms with van der Waals surface area (Å²) in [6, 6.07) is 20.2. The highest BCUT2D eigenvalue weighted by Gasteiger charge is 2.30. The number of nitrogens with two attached hydrogens (primary N) is 2. The van der Waals surface area contributed by atoms with Crippen molar-refractivity contribution in [1.82, 2.24) is 39.0 Å². The van der Waals surface area contributed by atoms with Crippen LogP contribution in [0.25, 0.3) is 45.0 Å². The second-order valence-corrected chi connectivity index (χ2v) is 21.6. The Kier molecular flexibility index (Phi) is 19.7. The van der Waals surface area contributed by atoms with E-state index < -0.39 is 87.1 Å². The highest BCUT2D eigenvalue weighted by molar-refractivity contribution is 7.53. The van der Waals surface area contributed by atoms with Crippen molar-refractivity contribution in [3.05, 3.63) is 197 Å². The van der Waals surface area contributed by atoms with Gasteiger partial charge in [-0.3, -0.25) is 37.7 Å². The number of fused-ring (bicyclic) bond motifs is 2. The lowest BCUT2D eigenvalue weighted by atomic mass is 10.1. The van der Waals surface area contributed by atoms with Crippen LogP contribution in [0.5, 0.6) is 0 Å². The molecule has 0 saturated carbocycles. The molecule has 0 amide bonds. The predicted octanol–water partition coefficient (Wildman–Crippen LogP) is 8.53. The monoisotopic (exact) mass is 1210 g/mol. The minimum atomic E-state index is -4.09. The highest BCUT2D eigenvalue weighted by atomic mass is 31.2. The van der Waals surface area contributed by atoms with E-state index in [2.05, 4.69) is 29.9 Å². The Hall–Kier alpha value is -8.86. The number of hydrogen-bond donors (Lipinski definition) is 4. The van der Waals surface area contributed by atoms with Crippen LogP contribution in [0.15, 0.2) is 140 Å². The van der Waals surface area contributed by atoms with Gasteiger partial charge in [-0.05, 0) is 78.2 Å². The Bertz CT molecular complexity index is 4270. The molecular formula is C52H50F4N10O16P2. The van der Waals surface area contributed by atoms with E-state index in [9.17, 15) is 45.9 Å². The molecule has 6 aromatic heterocycles. The average Bonchev–Trinajstić information content (AvgIpc) is 3.73. The van der Waals surface area contributed by atoms with E-state index in [4.69, 9.17) is 56.7 Å². The van der Waals surface area contributed by atoms with Crippen molar-refractivity contribution in [1.29, 1.82) is 0 Å². The minimum Gasteiger partial charge on any atom is -0.393 e. The maximum atomic E-state index is 14.1. The molecule has 2 atom stereocenters. The number of benzene rings is 4. The molecule has 4 aromatic carbocycles. The van der Waals surface area contributed by atoms with Gasteiger partial charge in [0.2, 0.25) is 11.9 Å². The molecule has 442 valence electrons. The second kappa shape index (κ2) is 27.0. The summed E-state index contributed by atoms with van der Waals surface area (Å²) in [5.41, 5.74) is 12.5. The van der Waals surface area contributed by atoms with Crippen molar-refractivity contribution in [2.24, 2.45) is 0 Å². The van der Waals surface area contributed by atoms with Crippen molar-refractivity contribution in [2.45, 2.75) is 53.9 Å². The number of hydrogen-bond acceptors (Lipinski definition) is 22. The largest absolute Gasteiger partial charge is 0.519 e. The van der Waals surface area contributed by atoms with Crippen molar-refractivity contribution >= 4 is 49.4 Å². The fraction of sp³-hybridized carbons (Fsp3) is 0.231. The molecule has 6 N–H and O–H groups in total. The number of aryl methyl sites for hydroxylation is 1. The van der Waals surface area contributed by atoms with E-state index in [1.165, 1.54) is 82.5 Å². The number of imidazole rings is 2. The number of halogens is 4. The van der Waals surface area contributed by atoms with Gasteiger partial charge in [0.1, 0.15) is 49.2 Å². The first-order valence-electron chi connectivity index (χ1n) is 24.4. The Labute approximate surface area is 470 Å². The summed E-state index contributed by atoms with van der Waals surface area (Å²) in [5.74, 6) is -4.77. The molecule has 10 rings (SSSR count). The molecule has 26 nitrogen and oxygen atoms in total. The summed E-state index contributed by atoms with van der Waals surface area (Å²) in [6.07, 6.45) is 1.66. The smallest absolute Gasteiger partial charge is 0.393 e. The van der Waals surface area contributed by atoms with Gasteiger partial charge in [0.15, 0.2) is 45.4 Å². The molecule has 10 aromatic rings. The summed E-state index contributed by atoms with van der Waals surface area (Å²) in [6.45, 7) is 0.153. The van der Waals surface area contributed by atoms with Crippen LogP contribution in [0.4, 0.5) is 29.5 Å². The summed E-state index contributed by atoms with van der Waals surface area (Å²) in [4.78, 5) is 68.5. The lowest BCUT2D eigenvalue weighted by Gasteiger charge is -2.18. The van der Waals surface area contributed by atoms with E-state index in [0.29, 0.717) is 22.3 Å². The fourth-order valence-electron chi connectivity index (χ4n) is 7.67. The maximum Gasteiger partial charge on any atom is 0.519 e. The van der Waals surface area contributed by atoms with Gasteiger partial charge in [-0.1, -0.05) is 43.8 Å². The summed E-state index contributed by atoms with van der Waals surface area (Å²) in [5, 5.41) is 0. The van der Waals surface area contributed by atoms with Crippen LogP contribution in [0.3, 0.4) is 0 Å². The van der Waals surface area contributed by atoms with Crippen LogP contribution in [0.1, 0.15) is 35.6 Å². The van der Waals surface area contributed by atoms with E-state index in [1.807, 2.05) is 0 Å². The zero-order valence-electron chi connectivity index (χ0n) is 43.2. The zero-order chi connectivity index (χ0) is 58.8. The molecule has 32 heteroatoms. The number of anilines is 2. The first-order chi connectivity index (χ1) is 39.8. The molecule has 0 radical (unpaired) electrons. The molecule has 0 aliphatic heterocycles. The van der Waals surface area contributed by atoms with Crippen molar-refractivity contribution in [3.8, 4) is 22.6 Å². The van der Waals surface area contributed by atoms with Crippen LogP contribution in [0, 0.1) is 30.2 Å².